The Hall–Kier alpha value is -1.85. The topological polar surface area (TPSA) is 72.9 Å². The second kappa shape index (κ2) is 7.07. The number of anilines is 1. The van der Waals surface area contributed by atoms with Crippen LogP contribution in [0.1, 0.15) is 13.8 Å². The zero-order chi connectivity index (χ0) is 13.8. The van der Waals surface area contributed by atoms with Crippen LogP contribution in [-0.2, 0) is 4.79 Å². The van der Waals surface area contributed by atoms with E-state index in [4.69, 9.17) is 5.73 Å². The maximum Gasteiger partial charge on any atom is 0.241 e. The molecular formula is C14H19ClN4O. The van der Waals surface area contributed by atoms with Crippen LogP contribution >= 0.6 is 12.4 Å². The Bertz CT molecular complexity index is 537. The van der Waals surface area contributed by atoms with E-state index in [0.29, 0.717) is 0 Å². The SMILES string of the molecule is CC(C)C(N)C(=O)Nc1ccc(-n2cccn2)cc1.Cl. The number of amides is 1. The molecule has 0 saturated heterocycles. The van der Waals surface area contributed by atoms with E-state index in [9.17, 15) is 4.79 Å². The number of aromatic nitrogens is 2. The molecule has 6 heteroatoms. The van der Waals surface area contributed by atoms with Gasteiger partial charge >= 0.3 is 0 Å². The van der Waals surface area contributed by atoms with Gasteiger partial charge in [0.05, 0.1) is 11.7 Å². The lowest BCUT2D eigenvalue weighted by Crippen LogP contribution is -2.39. The highest BCUT2D eigenvalue weighted by Gasteiger charge is 2.16. The molecule has 20 heavy (non-hydrogen) atoms. The van der Waals surface area contributed by atoms with E-state index in [0.717, 1.165) is 11.4 Å². The Morgan fingerprint density at radius 1 is 1.30 bits per heavy atom. The van der Waals surface area contributed by atoms with Gasteiger partial charge in [-0.15, -0.1) is 12.4 Å². The minimum absolute atomic E-state index is 0. The van der Waals surface area contributed by atoms with Gasteiger partial charge in [-0.25, -0.2) is 4.68 Å². The van der Waals surface area contributed by atoms with Gasteiger partial charge < -0.3 is 11.1 Å². The number of hydrogen-bond acceptors (Lipinski definition) is 3. The van der Waals surface area contributed by atoms with Gasteiger partial charge in [-0.3, -0.25) is 4.79 Å². The summed E-state index contributed by atoms with van der Waals surface area (Å²) in [4.78, 5) is 11.8. The van der Waals surface area contributed by atoms with Crippen molar-refractivity contribution in [3.8, 4) is 5.69 Å². The van der Waals surface area contributed by atoms with Crippen LogP contribution < -0.4 is 11.1 Å². The molecule has 1 amide bonds. The molecule has 0 spiro atoms. The van der Waals surface area contributed by atoms with E-state index in [1.807, 2.05) is 50.4 Å². The fourth-order valence-electron chi connectivity index (χ4n) is 1.65. The van der Waals surface area contributed by atoms with Gasteiger partial charge in [-0.1, -0.05) is 13.8 Å². The van der Waals surface area contributed by atoms with Gasteiger partial charge in [-0.2, -0.15) is 5.10 Å². The van der Waals surface area contributed by atoms with Crippen molar-refractivity contribution in [1.82, 2.24) is 9.78 Å². The minimum atomic E-state index is -0.495. The minimum Gasteiger partial charge on any atom is -0.325 e. The van der Waals surface area contributed by atoms with Crippen molar-refractivity contribution in [1.29, 1.82) is 0 Å². The quantitative estimate of drug-likeness (QED) is 0.908. The standard InChI is InChI=1S/C14H18N4O.ClH/c1-10(2)13(15)14(19)17-11-4-6-12(7-5-11)18-9-3-8-16-18;/h3-10,13H,15H2,1-2H3,(H,17,19);1H. The lowest BCUT2D eigenvalue weighted by Gasteiger charge is -2.15. The lowest BCUT2D eigenvalue weighted by atomic mass is 10.0. The van der Waals surface area contributed by atoms with Gasteiger partial charge in [-0.05, 0) is 36.2 Å². The Morgan fingerprint density at radius 2 is 1.95 bits per heavy atom. The van der Waals surface area contributed by atoms with E-state index < -0.39 is 6.04 Å². The summed E-state index contributed by atoms with van der Waals surface area (Å²) < 4.78 is 1.76. The second-order valence-electron chi connectivity index (χ2n) is 4.76. The largest absolute Gasteiger partial charge is 0.325 e. The summed E-state index contributed by atoms with van der Waals surface area (Å²) in [5.41, 5.74) is 7.46. The number of carbonyl (C=O) groups is 1. The normalized spacial score (nSPS) is 11.8. The van der Waals surface area contributed by atoms with E-state index in [1.165, 1.54) is 0 Å². The molecule has 0 aliphatic rings. The van der Waals surface area contributed by atoms with Crippen LogP contribution in [0, 0.1) is 5.92 Å². The van der Waals surface area contributed by atoms with Crippen LogP contribution in [0.2, 0.25) is 0 Å². The monoisotopic (exact) mass is 294 g/mol. The highest BCUT2D eigenvalue weighted by Crippen LogP contribution is 2.13. The molecule has 0 aliphatic heterocycles. The molecule has 1 aromatic carbocycles. The zero-order valence-corrected chi connectivity index (χ0v) is 12.3. The number of nitrogens with one attached hydrogen (secondary N) is 1. The van der Waals surface area contributed by atoms with Gasteiger partial charge in [0.1, 0.15) is 0 Å². The van der Waals surface area contributed by atoms with Crippen molar-refractivity contribution >= 4 is 24.0 Å². The fourth-order valence-corrected chi connectivity index (χ4v) is 1.65. The van der Waals surface area contributed by atoms with Crippen LogP contribution in [0.25, 0.3) is 5.69 Å². The predicted octanol–water partition coefficient (Wildman–Crippen LogP) is 2.22. The first-order valence-electron chi connectivity index (χ1n) is 6.24. The number of benzene rings is 1. The molecule has 2 aromatic rings. The third-order valence-electron chi connectivity index (χ3n) is 2.92. The molecule has 0 bridgehead atoms. The summed E-state index contributed by atoms with van der Waals surface area (Å²) in [6.45, 7) is 3.84. The third-order valence-corrected chi connectivity index (χ3v) is 2.92. The fraction of sp³-hybridized carbons (Fsp3) is 0.286. The number of halogens is 1. The molecule has 1 atom stereocenters. The van der Waals surface area contributed by atoms with Crippen LogP contribution in [0.4, 0.5) is 5.69 Å². The summed E-state index contributed by atoms with van der Waals surface area (Å²) in [6.07, 6.45) is 3.58. The van der Waals surface area contributed by atoms with E-state index in [2.05, 4.69) is 10.4 Å². The van der Waals surface area contributed by atoms with Gasteiger partial charge in [0.25, 0.3) is 0 Å². The summed E-state index contributed by atoms with van der Waals surface area (Å²) >= 11 is 0. The van der Waals surface area contributed by atoms with Crippen molar-refractivity contribution in [3.05, 3.63) is 42.7 Å². The Labute approximate surface area is 124 Å². The molecule has 108 valence electrons. The zero-order valence-electron chi connectivity index (χ0n) is 11.5. The van der Waals surface area contributed by atoms with E-state index >= 15 is 0 Å². The molecule has 0 fully saturated rings. The van der Waals surface area contributed by atoms with Crippen molar-refractivity contribution in [2.24, 2.45) is 11.7 Å². The number of nitrogens with zero attached hydrogens (tertiary/aromatic N) is 2. The van der Waals surface area contributed by atoms with Crippen molar-refractivity contribution in [2.75, 3.05) is 5.32 Å². The van der Waals surface area contributed by atoms with Crippen molar-refractivity contribution in [3.63, 3.8) is 0 Å². The number of nitrogens with two attached hydrogens (primary N) is 1. The number of rotatable bonds is 4. The Kier molecular flexibility index (Phi) is 5.73. The van der Waals surface area contributed by atoms with Crippen molar-refractivity contribution in [2.45, 2.75) is 19.9 Å². The Morgan fingerprint density at radius 3 is 2.45 bits per heavy atom. The van der Waals surface area contributed by atoms with Gasteiger partial charge in [0, 0.05) is 18.1 Å². The first-order chi connectivity index (χ1) is 9.08. The highest BCUT2D eigenvalue weighted by atomic mass is 35.5. The molecule has 2 rings (SSSR count). The maximum absolute atomic E-state index is 11.8. The van der Waals surface area contributed by atoms with E-state index in [-0.39, 0.29) is 24.2 Å². The summed E-state index contributed by atoms with van der Waals surface area (Å²) in [6, 6.07) is 8.82. The third kappa shape index (κ3) is 3.82. The molecule has 5 nitrogen and oxygen atoms in total. The van der Waals surface area contributed by atoms with Gasteiger partial charge in [0.2, 0.25) is 5.91 Å². The molecule has 0 aliphatic carbocycles. The van der Waals surface area contributed by atoms with Crippen molar-refractivity contribution < 1.29 is 4.79 Å². The van der Waals surface area contributed by atoms with Crippen LogP contribution in [0.3, 0.4) is 0 Å². The van der Waals surface area contributed by atoms with Crippen LogP contribution in [0.5, 0.6) is 0 Å². The summed E-state index contributed by atoms with van der Waals surface area (Å²) in [5, 5.41) is 6.94. The molecule has 1 aromatic heterocycles. The molecule has 1 unspecified atom stereocenters. The lowest BCUT2D eigenvalue weighted by molar-refractivity contribution is -0.118. The molecule has 3 N–H and O–H groups in total. The maximum atomic E-state index is 11.8. The number of hydrogen-bond donors (Lipinski definition) is 2. The van der Waals surface area contributed by atoms with Crippen LogP contribution in [-0.4, -0.2) is 21.7 Å². The summed E-state index contributed by atoms with van der Waals surface area (Å²) in [5.74, 6) is -0.0508. The van der Waals surface area contributed by atoms with Crippen LogP contribution in [0.15, 0.2) is 42.7 Å². The summed E-state index contributed by atoms with van der Waals surface area (Å²) in [7, 11) is 0. The molecule has 0 radical (unpaired) electrons. The first kappa shape index (κ1) is 16.2. The average Bonchev–Trinajstić information content (AvgIpc) is 2.92. The predicted molar refractivity (Wildman–Crippen MR) is 82.3 cm³/mol. The highest BCUT2D eigenvalue weighted by molar-refractivity contribution is 5.94. The van der Waals surface area contributed by atoms with Gasteiger partial charge in [0.15, 0.2) is 0 Å². The molecule has 1 heterocycles. The second-order valence-corrected chi connectivity index (χ2v) is 4.76. The smallest absolute Gasteiger partial charge is 0.241 e. The number of carbonyl (C=O) groups excluding carboxylic acids is 1. The molecular weight excluding hydrogens is 276 g/mol. The first-order valence-corrected chi connectivity index (χ1v) is 6.24. The average molecular weight is 295 g/mol. The molecule has 0 saturated carbocycles. The van der Waals surface area contributed by atoms with E-state index in [1.54, 1.807) is 10.9 Å². The Balaban J connectivity index is 0.00000200.